The minimum atomic E-state index is -0.313. The van der Waals surface area contributed by atoms with Crippen LogP contribution in [-0.2, 0) is 6.54 Å². The van der Waals surface area contributed by atoms with Gasteiger partial charge in [0.15, 0.2) is 0 Å². The molecule has 0 spiro atoms. The van der Waals surface area contributed by atoms with Crippen LogP contribution in [-0.4, -0.2) is 9.78 Å². The third-order valence-corrected chi connectivity index (χ3v) is 3.38. The fourth-order valence-corrected chi connectivity index (χ4v) is 2.25. The maximum absolute atomic E-state index is 6.21. The molecule has 0 saturated heterocycles. The van der Waals surface area contributed by atoms with E-state index in [2.05, 4.69) is 5.10 Å². The van der Waals surface area contributed by atoms with Gasteiger partial charge < -0.3 is 10.2 Å². The summed E-state index contributed by atoms with van der Waals surface area (Å²) in [5.74, 6) is 0.716. The van der Waals surface area contributed by atoms with E-state index >= 15 is 0 Å². The molecule has 1 atom stereocenters. The van der Waals surface area contributed by atoms with E-state index < -0.39 is 0 Å². The third-order valence-electron chi connectivity index (χ3n) is 3.14. The van der Waals surface area contributed by atoms with Crippen LogP contribution < -0.4 is 5.73 Å². The van der Waals surface area contributed by atoms with Crippen LogP contribution in [0.15, 0.2) is 41.1 Å². The van der Waals surface area contributed by atoms with Gasteiger partial charge in [-0.2, -0.15) is 5.10 Å². The number of fused-ring (bicyclic) bond motifs is 1. The fraction of sp³-hybridized carbons (Fsp3) is 0.214. The zero-order chi connectivity index (χ0) is 13.4. The van der Waals surface area contributed by atoms with Crippen LogP contribution in [0.3, 0.4) is 0 Å². The van der Waals surface area contributed by atoms with E-state index in [0.717, 1.165) is 23.1 Å². The number of halogens is 1. The summed E-state index contributed by atoms with van der Waals surface area (Å²) in [5, 5.41) is 5.87. The molecule has 0 aliphatic carbocycles. The van der Waals surface area contributed by atoms with Gasteiger partial charge in [0.25, 0.3) is 0 Å². The molecule has 0 fully saturated rings. The van der Waals surface area contributed by atoms with Gasteiger partial charge in [-0.15, -0.1) is 0 Å². The monoisotopic (exact) mass is 275 g/mol. The zero-order valence-electron chi connectivity index (χ0n) is 10.5. The van der Waals surface area contributed by atoms with Gasteiger partial charge in [-0.05, 0) is 31.2 Å². The van der Waals surface area contributed by atoms with Gasteiger partial charge in [0.1, 0.15) is 11.3 Å². The molecule has 0 aliphatic rings. The van der Waals surface area contributed by atoms with Crippen molar-refractivity contribution in [3.63, 3.8) is 0 Å². The SMILES string of the molecule is CCn1cc(C(N)c2cc3cc(Cl)ccc3o2)cn1. The Balaban J connectivity index is 1.98. The van der Waals surface area contributed by atoms with E-state index in [1.54, 1.807) is 12.3 Å². The molecule has 3 aromatic rings. The quantitative estimate of drug-likeness (QED) is 0.797. The summed E-state index contributed by atoms with van der Waals surface area (Å²) in [6.07, 6.45) is 3.71. The number of nitrogens with two attached hydrogens (primary N) is 1. The summed E-state index contributed by atoms with van der Waals surface area (Å²) in [6, 6.07) is 7.13. The highest BCUT2D eigenvalue weighted by atomic mass is 35.5. The zero-order valence-corrected chi connectivity index (χ0v) is 11.3. The smallest absolute Gasteiger partial charge is 0.134 e. The molecule has 0 amide bonds. The molecule has 0 bridgehead atoms. The summed E-state index contributed by atoms with van der Waals surface area (Å²) in [4.78, 5) is 0. The van der Waals surface area contributed by atoms with Gasteiger partial charge in [0.05, 0.1) is 12.2 Å². The number of furan rings is 1. The molecule has 98 valence electrons. The first-order chi connectivity index (χ1) is 9.17. The summed E-state index contributed by atoms with van der Waals surface area (Å²) in [5.41, 5.74) is 7.93. The predicted molar refractivity (Wildman–Crippen MR) is 75.2 cm³/mol. The maximum Gasteiger partial charge on any atom is 0.134 e. The van der Waals surface area contributed by atoms with Crippen molar-refractivity contribution in [2.75, 3.05) is 0 Å². The van der Waals surface area contributed by atoms with Gasteiger partial charge in [-0.3, -0.25) is 4.68 Å². The lowest BCUT2D eigenvalue weighted by Gasteiger charge is -2.04. The fourth-order valence-electron chi connectivity index (χ4n) is 2.07. The van der Waals surface area contributed by atoms with Crippen molar-refractivity contribution in [1.29, 1.82) is 0 Å². The number of nitrogens with zero attached hydrogens (tertiary/aromatic N) is 2. The Morgan fingerprint density at radius 3 is 3.00 bits per heavy atom. The minimum absolute atomic E-state index is 0.313. The van der Waals surface area contributed by atoms with E-state index in [1.165, 1.54) is 0 Å². The highest BCUT2D eigenvalue weighted by Gasteiger charge is 2.16. The third kappa shape index (κ3) is 2.25. The highest BCUT2D eigenvalue weighted by Crippen LogP contribution is 2.28. The molecule has 0 saturated carbocycles. The van der Waals surface area contributed by atoms with Crippen LogP contribution in [0.5, 0.6) is 0 Å². The number of hydrogen-bond donors (Lipinski definition) is 1. The van der Waals surface area contributed by atoms with Crippen molar-refractivity contribution < 1.29 is 4.42 Å². The van der Waals surface area contributed by atoms with Crippen LogP contribution in [0, 0.1) is 0 Å². The summed E-state index contributed by atoms with van der Waals surface area (Å²) in [7, 11) is 0. The van der Waals surface area contributed by atoms with E-state index in [0.29, 0.717) is 10.8 Å². The second-order valence-electron chi connectivity index (χ2n) is 4.44. The lowest BCUT2D eigenvalue weighted by atomic mass is 10.1. The van der Waals surface area contributed by atoms with E-state index in [1.807, 2.05) is 36.0 Å². The van der Waals surface area contributed by atoms with Crippen molar-refractivity contribution >= 4 is 22.6 Å². The molecule has 1 unspecified atom stereocenters. The second-order valence-corrected chi connectivity index (χ2v) is 4.87. The molecule has 0 radical (unpaired) electrons. The van der Waals surface area contributed by atoms with Crippen LogP contribution >= 0.6 is 11.6 Å². The number of rotatable bonds is 3. The molecule has 5 heteroatoms. The normalized spacial score (nSPS) is 13.0. The second kappa shape index (κ2) is 4.72. The summed E-state index contributed by atoms with van der Waals surface area (Å²) >= 11 is 5.96. The molecule has 1 aromatic carbocycles. The van der Waals surface area contributed by atoms with E-state index in [9.17, 15) is 0 Å². The van der Waals surface area contributed by atoms with Crippen LogP contribution in [0.1, 0.15) is 24.3 Å². The number of aromatic nitrogens is 2. The average Bonchev–Trinajstić information content (AvgIpc) is 3.03. The standard InChI is InChI=1S/C14H14ClN3O/c1-2-18-8-10(7-17-18)14(16)13-6-9-5-11(15)3-4-12(9)19-13/h3-8,14H,2,16H2,1H3. The predicted octanol–water partition coefficient (Wildman–Crippen LogP) is 3.35. The van der Waals surface area contributed by atoms with Crippen LogP contribution in [0.4, 0.5) is 0 Å². The Labute approximate surface area is 115 Å². The van der Waals surface area contributed by atoms with Gasteiger partial charge in [-0.25, -0.2) is 0 Å². The Bertz CT molecular complexity index is 716. The number of hydrogen-bond acceptors (Lipinski definition) is 3. The van der Waals surface area contributed by atoms with Crippen molar-refractivity contribution in [3.8, 4) is 0 Å². The largest absolute Gasteiger partial charge is 0.459 e. The first-order valence-electron chi connectivity index (χ1n) is 6.14. The lowest BCUT2D eigenvalue weighted by molar-refractivity contribution is 0.525. The Hall–Kier alpha value is -1.78. The Morgan fingerprint density at radius 2 is 2.26 bits per heavy atom. The topological polar surface area (TPSA) is 57.0 Å². The molecule has 3 rings (SSSR count). The Kier molecular flexibility index (Phi) is 3.05. The number of benzene rings is 1. The van der Waals surface area contributed by atoms with Gasteiger partial charge in [0.2, 0.25) is 0 Å². The first kappa shape index (κ1) is 12.3. The molecule has 0 aliphatic heterocycles. The van der Waals surface area contributed by atoms with Crippen LogP contribution in [0.2, 0.25) is 5.02 Å². The van der Waals surface area contributed by atoms with Gasteiger partial charge in [-0.1, -0.05) is 11.6 Å². The molecular weight excluding hydrogens is 262 g/mol. The first-order valence-corrected chi connectivity index (χ1v) is 6.52. The molecule has 2 heterocycles. The van der Waals surface area contributed by atoms with Gasteiger partial charge >= 0.3 is 0 Å². The number of aryl methyl sites for hydroxylation is 1. The molecule has 19 heavy (non-hydrogen) atoms. The van der Waals surface area contributed by atoms with Crippen molar-refractivity contribution in [1.82, 2.24) is 9.78 Å². The van der Waals surface area contributed by atoms with Crippen LogP contribution in [0.25, 0.3) is 11.0 Å². The maximum atomic E-state index is 6.21. The average molecular weight is 276 g/mol. The minimum Gasteiger partial charge on any atom is -0.459 e. The molecule has 4 nitrogen and oxygen atoms in total. The molecule has 2 aromatic heterocycles. The lowest BCUT2D eigenvalue weighted by Crippen LogP contribution is -2.09. The molecular formula is C14H14ClN3O. The van der Waals surface area contributed by atoms with Gasteiger partial charge in [0, 0.05) is 28.7 Å². The van der Waals surface area contributed by atoms with E-state index in [-0.39, 0.29) is 6.04 Å². The summed E-state index contributed by atoms with van der Waals surface area (Å²) in [6.45, 7) is 2.86. The van der Waals surface area contributed by atoms with Crippen molar-refractivity contribution in [2.45, 2.75) is 19.5 Å². The highest BCUT2D eigenvalue weighted by molar-refractivity contribution is 6.31. The molecule has 2 N–H and O–H groups in total. The van der Waals surface area contributed by atoms with Crippen molar-refractivity contribution in [2.24, 2.45) is 5.73 Å². The van der Waals surface area contributed by atoms with Crippen molar-refractivity contribution in [3.05, 3.63) is 53.0 Å². The Morgan fingerprint density at radius 1 is 1.42 bits per heavy atom. The van der Waals surface area contributed by atoms with E-state index in [4.69, 9.17) is 21.8 Å². The summed E-state index contributed by atoms with van der Waals surface area (Å²) < 4.78 is 7.60.